The monoisotopic (exact) mass is 423 g/mol. The normalized spacial score (nSPS) is 20.3. The van der Waals surface area contributed by atoms with Crippen molar-refractivity contribution >= 4 is 11.8 Å². The van der Waals surface area contributed by atoms with Gasteiger partial charge in [0, 0.05) is 32.7 Å². The number of nitrogens with zero attached hydrogens (tertiary/aromatic N) is 2. The van der Waals surface area contributed by atoms with E-state index in [4.69, 9.17) is 0 Å². The molecule has 2 aromatic rings. The van der Waals surface area contributed by atoms with Crippen LogP contribution < -0.4 is 5.32 Å². The number of aliphatic hydroxyl groups excluding tert-OH is 2. The summed E-state index contributed by atoms with van der Waals surface area (Å²) in [5.41, 5.74) is 3.29. The zero-order valence-corrected chi connectivity index (χ0v) is 17.5. The van der Waals surface area contributed by atoms with Gasteiger partial charge in [-0.2, -0.15) is 0 Å². The molecule has 7 heteroatoms. The van der Waals surface area contributed by atoms with Crippen LogP contribution in [0, 0.1) is 5.92 Å². The van der Waals surface area contributed by atoms with Crippen molar-refractivity contribution in [2.24, 2.45) is 5.92 Å². The molecule has 3 N–H and O–H groups in total. The van der Waals surface area contributed by atoms with Gasteiger partial charge in [-0.1, -0.05) is 54.6 Å². The molecule has 0 saturated carbocycles. The zero-order chi connectivity index (χ0) is 21.8. The van der Waals surface area contributed by atoms with E-state index in [0.717, 1.165) is 37.2 Å². The van der Waals surface area contributed by atoms with E-state index in [1.54, 1.807) is 0 Å². The molecule has 0 aromatic heterocycles. The van der Waals surface area contributed by atoms with Crippen LogP contribution in [0.4, 0.5) is 0 Å². The predicted molar refractivity (Wildman–Crippen MR) is 116 cm³/mol. The lowest BCUT2D eigenvalue weighted by atomic mass is 10.1. The number of nitrogens with one attached hydrogen (secondary N) is 1. The van der Waals surface area contributed by atoms with Crippen LogP contribution in [0.15, 0.2) is 54.6 Å². The molecular formula is C24H29N3O4. The summed E-state index contributed by atoms with van der Waals surface area (Å²) in [7, 11) is 0. The second kappa shape index (κ2) is 9.60. The molecule has 4 rings (SSSR count). The molecule has 0 bridgehead atoms. The van der Waals surface area contributed by atoms with E-state index in [0.29, 0.717) is 19.6 Å². The van der Waals surface area contributed by atoms with Crippen LogP contribution in [0.25, 0.3) is 0 Å². The maximum Gasteiger partial charge on any atom is 0.255 e. The first-order valence-electron chi connectivity index (χ1n) is 10.8. The summed E-state index contributed by atoms with van der Waals surface area (Å²) >= 11 is 0. The summed E-state index contributed by atoms with van der Waals surface area (Å²) < 4.78 is 0. The van der Waals surface area contributed by atoms with Crippen LogP contribution >= 0.6 is 0 Å². The van der Waals surface area contributed by atoms with Gasteiger partial charge in [0.1, 0.15) is 0 Å². The Hall–Kier alpha value is -2.74. The van der Waals surface area contributed by atoms with Crippen LogP contribution in [0.5, 0.6) is 0 Å². The van der Waals surface area contributed by atoms with Crippen molar-refractivity contribution in [1.82, 2.24) is 15.1 Å². The predicted octanol–water partition coefficient (Wildman–Crippen LogP) is 0.889. The average Bonchev–Trinajstić information content (AvgIpc) is 3.43. The van der Waals surface area contributed by atoms with Gasteiger partial charge in [-0.3, -0.25) is 14.5 Å². The summed E-state index contributed by atoms with van der Waals surface area (Å²) in [6.07, 6.45) is -2.60. The third-order valence-corrected chi connectivity index (χ3v) is 6.16. The molecular weight excluding hydrogens is 394 g/mol. The van der Waals surface area contributed by atoms with Gasteiger partial charge in [0.25, 0.3) is 11.8 Å². The number of fused-ring (bicyclic) bond motifs is 1. The highest BCUT2D eigenvalue weighted by Gasteiger charge is 2.35. The summed E-state index contributed by atoms with van der Waals surface area (Å²) in [5, 5.41) is 23.2. The lowest BCUT2D eigenvalue weighted by Crippen LogP contribution is -2.50. The van der Waals surface area contributed by atoms with Crippen molar-refractivity contribution in [2.45, 2.75) is 38.3 Å². The first kappa shape index (κ1) is 21.5. The largest absolute Gasteiger partial charge is 0.380 e. The quantitative estimate of drug-likeness (QED) is 0.615. The fourth-order valence-electron chi connectivity index (χ4n) is 4.37. The highest BCUT2D eigenvalue weighted by Crippen LogP contribution is 2.23. The van der Waals surface area contributed by atoms with Gasteiger partial charge >= 0.3 is 0 Å². The van der Waals surface area contributed by atoms with Crippen molar-refractivity contribution < 1.29 is 19.8 Å². The van der Waals surface area contributed by atoms with Crippen molar-refractivity contribution in [3.05, 3.63) is 71.3 Å². The Morgan fingerprint density at radius 3 is 2.29 bits per heavy atom. The minimum atomic E-state index is -1.78. The van der Waals surface area contributed by atoms with Gasteiger partial charge in [-0.15, -0.1) is 0 Å². The fraction of sp³-hybridized carbons (Fsp3) is 0.417. The zero-order valence-electron chi connectivity index (χ0n) is 17.5. The molecule has 31 heavy (non-hydrogen) atoms. The minimum absolute atomic E-state index is 0.279. The van der Waals surface area contributed by atoms with Crippen LogP contribution in [0.1, 0.15) is 23.1 Å². The summed E-state index contributed by atoms with van der Waals surface area (Å²) in [6, 6.07) is 17.9. The van der Waals surface area contributed by atoms with E-state index in [9.17, 15) is 19.8 Å². The third kappa shape index (κ3) is 5.12. The topological polar surface area (TPSA) is 93.1 Å². The van der Waals surface area contributed by atoms with Gasteiger partial charge in [-0.05, 0) is 35.6 Å². The molecule has 0 spiro atoms. The van der Waals surface area contributed by atoms with E-state index in [-0.39, 0.29) is 5.92 Å². The number of carbonyl (C=O) groups excluding carboxylic acids is 2. The molecule has 2 aliphatic rings. The summed E-state index contributed by atoms with van der Waals surface area (Å²) in [4.78, 5) is 28.7. The second-order valence-electron chi connectivity index (χ2n) is 8.47. The number of hydrogen-bond donors (Lipinski definition) is 3. The Morgan fingerprint density at radius 2 is 1.61 bits per heavy atom. The molecule has 2 amide bonds. The van der Waals surface area contributed by atoms with Crippen molar-refractivity contribution in [2.75, 3.05) is 19.6 Å². The van der Waals surface area contributed by atoms with Crippen LogP contribution in [-0.4, -0.2) is 63.7 Å². The van der Waals surface area contributed by atoms with Gasteiger partial charge in [-0.25, -0.2) is 0 Å². The lowest BCUT2D eigenvalue weighted by molar-refractivity contribution is -0.153. The Bertz CT molecular complexity index is 895. The van der Waals surface area contributed by atoms with E-state index in [1.165, 1.54) is 10.5 Å². The molecule has 164 valence electrons. The molecule has 1 fully saturated rings. The number of benzene rings is 2. The van der Waals surface area contributed by atoms with E-state index in [2.05, 4.69) is 22.3 Å². The maximum absolute atomic E-state index is 12.6. The Morgan fingerprint density at radius 1 is 0.968 bits per heavy atom. The minimum Gasteiger partial charge on any atom is -0.380 e. The Labute approximate surface area is 182 Å². The van der Waals surface area contributed by atoms with E-state index >= 15 is 0 Å². The molecule has 0 aliphatic carbocycles. The van der Waals surface area contributed by atoms with Crippen molar-refractivity contribution in [1.29, 1.82) is 0 Å². The number of rotatable bonds is 7. The Balaban J connectivity index is 1.22. The maximum atomic E-state index is 12.6. The molecule has 2 heterocycles. The van der Waals surface area contributed by atoms with Crippen molar-refractivity contribution in [3.8, 4) is 0 Å². The first-order valence-corrected chi connectivity index (χ1v) is 10.8. The highest BCUT2D eigenvalue weighted by molar-refractivity contribution is 5.90. The molecule has 7 nitrogen and oxygen atoms in total. The lowest BCUT2D eigenvalue weighted by Gasteiger charge is -2.23. The molecule has 2 aromatic carbocycles. The van der Waals surface area contributed by atoms with Crippen LogP contribution in [0.2, 0.25) is 0 Å². The van der Waals surface area contributed by atoms with Crippen molar-refractivity contribution in [3.63, 3.8) is 0 Å². The number of carbonyl (C=O) groups is 2. The summed E-state index contributed by atoms with van der Waals surface area (Å²) in [6.45, 7) is 3.85. The standard InChI is InChI=1S/C24H29N3O4/c28-21(22(29)24(31)27-15-19-8-4-5-9-20(19)16-27)23(30)25-12-18-10-11-26(14-18)13-17-6-2-1-3-7-17/h1-9,18,21-22,28-29H,10-16H2,(H,25,30)/t18?,21-,22-/m1/s1. The van der Waals surface area contributed by atoms with E-state index < -0.39 is 24.0 Å². The number of hydrogen-bond acceptors (Lipinski definition) is 5. The Kier molecular flexibility index (Phi) is 6.65. The number of amides is 2. The second-order valence-corrected chi connectivity index (χ2v) is 8.47. The SMILES string of the molecule is O=C(NCC1CCN(Cc2ccccc2)C1)[C@H](O)[C@@H](O)C(=O)N1Cc2ccccc2C1. The third-order valence-electron chi connectivity index (χ3n) is 6.16. The molecule has 3 atom stereocenters. The average molecular weight is 424 g/mol. The number of aliphatic hydroxyl groups is 2. The molecule has 1 saturated heterocycles. The highest BCUT2D eigenvalue weighted by atomic mass is 16.3. The fourth-order valence-corrected chi connectivity index (χ4v) is 4.37. The molecule has 2 aliphatic heterocycles. The van der Waals surface area contributed by atoms with Gasteiger partial charge in [0.15, 0.2) is 12.2 Å². The summed E-state index contributed by atoms with van der Waals surface area (Å²) in [5.74, 6) is -1.06. The first-order chi connectivity index (χ1) is 15.0. The van der Waals surface area contributed by atoms with Gasteiger partial charge in [0.05, 0.1) is 0 Å². The smallest absolute Gasteiger partial charge is 0.255 e. The molecule has 0 radical (unpaired) electrons. The van der Waals surface area contributed by atoms with Gasteiger partial charge in [0.2, 0.25) is 0 Å². The van der Waals surface area contributed by atoms with Crippen LogP contribution in [-0.2, 0) is 29.2 Å². The number of likely N-dealkylation sites (tertiary alicyclic amines) is 1. The van der Waals surface area contributed by atoms with E-state index in [1.807, 2.05) is 42.5 Å². The van der Waals surface area contributed by atoms with Gasteiger partial charge < -0.3 is 20.4 Å². The molecule has 1 unspecified atom stereocenters. The van der Waals surface area contributed by atoms with Crippen LogP contribution in [0.3, 0.4) is 0 Å².